The third kappa shape index (κ3) is 3.44. The average molecular weight is 391 g/mol. The quantitative estimate of drug-likeness (QED) is 0.694. The summed E-state index contributed by atoms with van der Waals surface area (Å²) < 4.78 is 6.88. The zero-order chi connectivity index (χ0) is 20.5. The van der Waals surface area contributed by atoms with E-state index in [1.165, 1.54) is 19.4 Å². The van der Waals surface area contributed by atoms with Gasteiger partial charge >= 0.3 is 0 Å². The molecule has 0 spiro atoms. The molecule has 0 aliphatic heterocycles. The molecule has 3 aromatic rings. The maximum Gasteiger partial charge on any atom is 0.276 e. The summed E-state index contributed by atoms with van der Waals surface area (Å²) in [6.45, 7) is 2.03. The number of nitrogens with one attached hydrogen (secondary N) is 1. The Hall–Kier alpha value is -3.68. The molecule has 3 N–H and O–H groups in total. The van der Waals surface area contributed by atoms with Gasteiger partial charge in [-0.3, -0.25) is 9.59 Å². The number of pyridine rings is 1. The molecule has 0 saturated carbocycles. The van der Waals surface area contributed by atoms with Crippen molar-refractivity contribution in [3.05, 3.63) is 64.6 Å². The van der Waals surface area contributed by atoms with Crippen LogP contribution < -0.4 is 15.8 Å². The highest BCUT2D eigenvalue weighted by atomic mass is 16.5. The standard InChI is InChI=1S/C21H21N5O3/c1-12-6-8-14(9-7-12)26-17-5-3-4-15(17)18(25-26)20(28)24-13-10-16(19(22)27)21(29-2)23-11-13/h6-11H,3-5H2,1-2H3,(H2,22,27)(H,24,28). The van der Waals surface area contributed by atoms with Crippen LogP contribution in [0, 0.1) is 6.92 Å². The normalized spacial score (nSPS) is 12.5. The number of ether oxygens (including phenoxy) is 1. The Morgan fingerprint density at radius 1 is 1.21 bits per heavy atom. The molecule has 2 heterocycles. The fourth-order valence-electron chi connectivity index (χ4n) is 3.57. The number of amides is 2. The zero-order valence-electron chi connectivity index (χ0n) is 16.2. The van der Waals surface area contributed by atoms with Gasteiger partial charge in [0.1, 0.15) is 5.56 Å². The van der Waals surface area contributed by atoms with Crippen LogP contribution >= 0.6 is 0 Å². The molecule has 0 atom stereocenters. The molecule has 2 amide bonds. The lowest BCUT2D eigenvalue weighted by Crippen LogP contribution is -2.17. The van der Waals surface area contributed by atoms with Crippen LogP contribution in [0.3, 0.4) is 0 Å². The van der Waals surface area contributed by atoms with Gasteiger partial charge in [0.05, 0.1) is 24.7 Å². The Balaban J connectivity index is 1.66. The second kappa shape index (κ2) is 7.38. The molecule has 0 saturated heterocycles. The van der Waals surface area contributed by atoms with Crippen LogP contribution in [0.1, 0.15) is 44.1 Å². The molecule has 1 aliphatic carbocycles. The van der Waals surface area contributed by atoms with Crippen molar-refractivity contribution >= 4 is 17.5 Å². The number of benzene rings is 1. The summed E-state index contributed by atoms with van der Waals surface area (Å²) in [5.41, 5.74) is 10.3. The van der Waals surface area contributed by atoms with E-state index in [1.807, 2.05) is 35.9 Å². The van der Waals surface area contributed by atoms with E-state index in [0.29, 0.717) is 11.4 Å². The summed E-state index contributed by atoms with van der Waals surface area (Å²) in [4.78, 5) is 28.6. The van der Waals surface area contributed by atoms with Crippen LogP contribution in [0.15, 0.2) is 36.5 Å². The number of hydrogen-bond acceptors (Lipinski definition) is 5. The molecule has 0 bridgehead atoms. The second-order valence-electron chi connectivity index (χ2n) is 6.97. The maximum absolute atomic E-state index is 12.9. The first-order valence-electron chi connectivity index (χ1n) is 9.31. The number of methoxy groups -OCH3 is 1. The first-order valence-corrected chi connectivity index (χ1v) is 9.31. The second-order valence-corrected chi connectivity index (χ2v) is 6.97. The molecule has 0 fully saturated rings. The number of nitrogens with two attached hydrogens (primary N) is 1. The number of carbonyl (C=O) groups excluding carboxylic acids is 2. The number of primary amides is 1. The molecular weight excluding hydrogens is 370 g/mol. The molecule has 8 nitrogen and oxygen atoms in total. The van der Waals surface area contributed by atoms with Crippen molar-refractivity contribution in [2.24, 2.45) is 5.73 Å². The van der Waals surface area contributed by atoms with Crippen molar-refractivity contribution < 1.29 is 14.3 Å². The smallest absolute Gasteiger partial charge is 0.276 e. The third-order valence-electron chi connectivity index (χ3n) is 4.99. The lowest BCUT2D eigenvalue weighted by Gasteiger charge is -2.08. The van der Waals surface area contributed by atoms with Gasteiger partial charge < -0.3 is 15.8 Å². The molecule has 1 aliphatic rings. The van der Waals surface area contributed by atoms with E-state index in [1.54, 1.807) is 0 Å². The summed E-state index contributed by atoms with van der Waals surface area (Å²) in [5, 5.41) is 7.35. The Labute approximate surface area is 167 Å². The number of aryl methyl sites for hydroxylation is 1. The molecule has 2 aromatic heterocycles. The van der Waals surface area contributed by atoms with E-state index >= 15 is 0 Å². The van der Waals surface area contributed by atoms with Crippen molar-refractivity contribution in [1.29, 1.82) is 0 Å². The SMILES string of the molecule is COc1ncc(NC(=O)c2nn(-c3ccc(C)cc3)c3c2CCC3)cc1C(N)=O. The predicted molar refractivity (Wildman–Crippen MR) is 108 cm³/mol. The number of rotatable bonds is 5. The molecule has 0 radical (unpaired) electrons. The summed E-state index contributed by atoms with van der Waals surface area (Å²) in [6.07, 6.45) is 4.08. The number of hydrogen-bond donors (Lipinski definition) is 2. The maximum atomic E-state index is 12.9. The van der Waals surface area contributed by atoms with Gasteiger partial charge in [-0.15, -0.1) is 0 Å². The van der Waals surface area contributed by atoms with E-state index in [2.05, 4.69) is 15.4 Å². The van der Waals surface area contributed by atoms with E-state index in [0.717, 1.165) is 41.8 Å². The molecule has 148 valence electrons. The van der Waals surface area contributed by atoms with Crippen LogP contribution in [0.4, 0.5) is 5.69 Å². The van der Waals surface area contributed by atoms with Gasteiger partial charge in [0, 0.05) is 11.3 Å². The van der Waals surface area contributed by atoms with E-state index < -0.39 is 5.91 Å². The number of aromatic nitrogens is 3. The van der Waals surface area contributed by atoms with Crippen molar-refractivity contribution in [2.75, 3.05) is 12.4 Å². The fourth-order valence-corrected chi connectivity index (χ4v) is 3.57. The van der Waals surface area contributed by atoms with E-state index in [4.69, 9.17) is 10.5 Å². The zero-order valence-corrected chi connectivity index (χ0v) is 16.2. The summed E-state index contributed by atoms with van der Waals surface area (Å²) in [6, 6.07) is 9.48. The minimum atomic E-state index is -0.685. The fraction of sp³-hybridized carbons (Fsp3) is 0.238. The monoisotopic (exact) mass is 391 g/mol. The van der Waals surface area contributed by atoms with Crippen LogP contribution in [0.5, 0.6) is 5.88 Å². The van der Waals surface area contributed by atoms with Crippen LogP contribution in [0.25, 0.3) is 5.69 Å². The Morgan fingerprint density at radius 2 is 1.97 bits per heavy atom. The number of carbonyl (C=O) groups is 2. The van der Waals surface area contributed by atoms with Gasteiger partial charge in [0.2, 0.25) is 5.88 Å². The highest BCUT2D eigenvalue weighted by Gasteiger charge is 2.27. The Bertz CT molecular complexity index is 1100. The van der Waals surface area contributed by atoms with Gasteiger partial charge in [-0.2, -0.15) is 5.10 Å². The van der Waals surface area contributed by atoms with Gasteiger partial charge in [-0.05, 0) is 44.4 Å². The summed E-state index contributed by atoms with van der Waals surface area (Å²) in [7, 11) is 1.40. The van der Waals surface area contributed by atoms with Crippen molar-refractivity contribution in [3.63, 3.8) is 0 Å². The Kier molecular flexibility index (Phi) is 4.75. The topological polar surface area (TPSA) is 112 Å². The first kappa shape index (κ1) is 18.7. The van der Waals surface area contributed by atoms with Gasteiger partial charge in [0.15, 0.2) is 5.69 Å². The first-order chi connectivity index (χ1) is 14.0. The van der Waals surface area contributed by atoms with Gasteiger partial charge in [0.25, 0.3) is 11.8 Å². The van der Waals surface area contributed by atoms with E-state index in [-0.39, 0.29) is 17.4 Å². The minimum absolute atomic E-state index is 0.0979. The molecular formula is C21H21N5O3. The highest BCUT2D eigenvalue weighted by Crippen LogP contribution is 2.29. The van der Waals surface area contributed by atoms with Crippen molar-refractivity contribution in [1.82, 2.24) is 14.8 Å². The van der Waals surface area contributed by atoms with Crippen molar-refractivity contribution in [3.8, 4) is 11.6 Å². The van der Waals surface area contributed by atoms with Gasteiger partial charge in [-0.25, -0.2) is 9.67 Å². The highest BCUT2D eigenvalue weighted by molar-refractivity contribution is 6.05. The minimum Gasteiger partial charge on any atom is -0.480 e. The molecule has 4 rings (SSSR count). The molecule has 1 aromatic carbocycles. The van der Waals surface area contributed by atoms with Crippen molar-refractivity contribution in [2.45, 2.75) is 26.2 Å². The summed E-state index contributed by atoms with van der Waals surface area (Å²) >= 11 is 0. The lowest BCUT2D eigenvalue weighted by molar-refractivity contribution is 0.0992. The lowest BCUT2D eigenvalue weighted by atomic mass is 10.2. The largest absolute Gasteiger partial charge is 0.480 e. The molecule has 8 heteroatoms. The van der Waals surface area contributed by atoms with Crippen LogP contribution in [0.2, 0.25) is 0 Å². The molecule has 29 heavy (non-hydrogen) atoms. The third-order valence-corrected chi connectivity index (χ3v) is 4.99. The summed E-state index contributed by atoms with van der Waals surface area (Å²) in [5.74, 6) is -0.925. The average Bonchev–Trinajstić information content (AvgIpc) is 3.31. The van der Waals surface area contributed by atoms with Crippen LogP contribution in [-0.4, -0.2) is 33.7 Å². The van der Waals surface area contributed by atoms with Gasteiger partial charge in [-0.1, -0.05) is 17.7 Å². The number of anilines is 1. The predicted octanol–water partition coefficient (Wildman–Crippen LogP) is 2.42. The Morgan fingerprint density at radius 3 is 2.66 bits per heavy atom. The number of fused-ring (bicyclic) bond motifs is 1. The number of nitrogens with zero attached hydrogens (tertiary/aromatic N) is 3. The molecule has 0 unspecified atom stereocenters. The van der Waals surface area contributed by atoms with E-state index in [9.17, 15) is 9.59 Å². The van der Waals surface area contributed by atoms with Crippen LogP contribution in [-0.2, 0) is 12.8 Å².